The molecular weight excluding hydrogens is 326 g/mol. The minimum atomic E-state index is -0.924. The highest BCUT2D eigenvalue weighted by molar-refractivity contribution is 6.32. The zero-order valence-electron chi connectivity index (χ0n) is 14.2. The molecule has 6 heteroatoms. The van der Waals surface area contributed by atoms with E-state index in [0.29, 0.717) is 17.3 Å². The van der Waals surface area contributed by atoms with Crippen LogP contribution in [0, 0.1) is 6.92 Å². The molecule has 1 amide bonds. The van der Waals surface area contributed by atoms with E-state index < -0.39 is 5.60 Å². The van der Waals surface area contributed by atoms with Crippen LogP contribution in [-0.2, 0) is 0 Å². The summed E-state index contributed by atoms with van der Waals surface area (Å²) in [5.74, 6) is -0.145. The molecule has 0 saturated carbocycles. The second kappa shape index (κ2) is 6.22. The largest absolute Gasteiger partial charge is 0.388 e. The number of aliphatic hydroxyl groups is 1. The first-order valence-electron chi connectivity index (χ1n) is 8.14. The van der Waals surface area contributed by atoms with Crippen LogP contribution < -0.4 is 0 Å². The van der Waals surface area contributed by atoms with Crippen molar-refractivity contribution in [3.8, 4) is 5.69 Å². The number of aromatic nitrogens is 2. The van der Waals surface area contributed by atoms with Crippen molar-refractivity contribution < 1.29 is 9.90 Å². The SMILES string of the molecule is Cc1cc(C(=O)N2CCCC2C(C)(C)O)nn1-c1ccccc1Cl. The van der Waals surface area contributed by atoms with Crippen LogP contribution in [0.2, 0.25) is 5.02 Å². The number of hydrogen-bond acceptors (Lipinski definition) is 3. The Morgan fingerprint density at radius 3 is 2.75 bits per heavy atom. The molecule has 0 spiro atoms. The van der Waals surface area contributed by atoms with Crippen molar-refractivity contribution in [3.63, 3.8) is 0 Å². The highest BCUT2D eigenvalue weighted by Gasteiger charge is 2.39. The van der Waals surface area contributed by atoms with Crippen LogP contribution in [0.25, 0.3) is 5.69 Å². The number of amides is 1. The van der Waals surface area contributed by atoms with Gasteiger partial charge in [-0.25, -0.2) is 4.68 Å². The van der Waals surface area contributed by atoms with E-state index in [4.69, 9.17) is 11.6 Å². The van der Waals surface area contributed by atoms with Gasteiger partial charge in [-0.1, -0.05) is 23.7 Å². The molecule has 1 aromatic heterocycles. The summed E-state index contributed by atoms with van der Waals surface area (Å²) < 4.78 is 1.69. The summed E-state index contributed by atoms with van der Waals surface area (Å²) in [6, 6.07) is 8.99. The van der Waals surface area contributed by atoms with E-state index in [1.54, 1.807) is 35.6 Å². The van der Waals surface area contributed by atoms with Crippen LogP contribution in [0.4, 0.5) is 0 Å². The Morgan fingerprint density at radius 2 is 2.08 bits per heavy atom. The summed E-state index contributed by atoms with van der Waals surface area (Å²) in [6.45, 7) is 6.03. The number of carbonyl (C=O) groups is 1. The molecule has 5 nitrogen and oxygen atoms in total. The standard InChI is InChI=1S/C18H22ClN3O2/c1-12-11-14(20-22(12)15-8-5-4-7-13(15)19)17(23)21-10-6-9-16(21)18(2,3)24/h4-5,7-8,11,16,24H,6,9-10H2,1-3H3. The molecule has 2 heterocycles. The fraction of sp³-hybridized carbons (Fsp3) is 0.444. The summed E-state index contributed by atoms with van der Waals surface area (Å²) in [6.07, 6.45) is 1.70. The molecular formula is C18H22ClN3O2. The molecule has 0 aliphatic carbocycles. The van der Waals surface area contributed by atoms with Crippen LogP contribution in [0.5, 0.6) is 0 Å². The summed E-state index contributed by atoms with van der Waals surface area (Å²) in [7, 11) is 0. The quantitative estimate of drug-likeness (QED) is 0.927. The third-order valence-electron chi connectivity index (χ3n) is 4.52. The first-order chi connectivity index (χ1) is 11.3. The van der Waals surface area contributed by atoms with Crippen LogP contribution in [0.15, 0.2) is 30.3 Å². The van der Waals surface area contributed by atoms with Gasteiger partial charge in [-0.3, -0.25) is 4.79 Å². The molecule has 1 aliphatic heterocycles. The molecule has 0 bridgehead atoms. The Kier molecular flexibility index (Phi) is 4.40. The number of aryl methyl sites for hydroxylation is 1. The van der Waals surface area contributed by atoms with E-state index in [2.05, 4.69) is 5.10 Å². The Hall–Kier alpha value is -1.85. The summed E-state index contributed by atoms with van der Waals surface area (Å²) in [5, 5.41) is 15.4. The van der Waals surface area contributed by atoms with E-state index in [1.807, 2.05) is 25.1 Å². The molecule has 1 aromatic carbocycles. The lowest BCUT2D eigenvalue weighted by molar-refractivity contribution is 0.000103. The number of benzene rings is 1. The third kappa shape index (κ3) is 3.06. The third-order valence-corrected chi connectivity index (χ3v) is 4.84. The Morgan fingerprint density at radius 1 is 1.38 bits per heavy atom. The van der Waals surface area contributed by atoms with Crippen LogP contribution in [0.1, 0.15) is 42.9 Å². The van der Waals surface area contributed by atoms with Crippen molar-refractivity contribution >= 4 is 17.5 Å². The molecule has 128 valence electrons. The van der Waals surface area contributed by atoms with Gasteiger partial charge >= 0.3 is 0 Å². The van der Waals surface area contributed by atoms with Crippen LogP contribution in [-0.4, -0.2) is 43.9 Å². The summed E-state index contributed by atoms with van der Waals surface area (Å²) in [5.41, 5.74) is 1.04. The van der Waals surface area contributed by atoms with Crippen molar-refractivity contribution in [2.45, 2.75) is 45.3 Å². The van der Waals surface area contributed by atoms with Gasteiger partial charge in [0.05, 0.1) is 22.4 Å². The van der Waals surface area contributed by atoms with Gasteiger partial charge in [0.1, 0.15) is 0 Å². The van der Waals surface area contributed by atoms with E-state index in [1.165, 1.54) is 0 Å². The zero-order valence-corrected chi connectivity index (χ0v) is 14.9. The number of hydrogen-bond donors (Lipinski definition) is 1. The first kappa shape index (κ1) is 17.0. The average molecular weight is 348 g/mol. The van der Waals surface area contributed by atoms with Crippen molar-refractivity contribution in [3.05, 3.63) is 46.7 Å². The lowest BCUT2D eigenvalue weighted by Crippen LogP contribution is -2.48. The number of para-hydroxylation sites is 1. The van der Waals surface area contributed by atoms with Gasteiger partial charge in [-0.2, -0.15) is 5.10 Å². The van der Waals surface area contributed by atoms with E-state index in [9.17, 15) is 9.90 Å². The summed E-state index contributed by atoms with van der Waals surface area (Å²) >= 11 is 6.24. The van der Waals surface area contributed by atoms with Crippen molar-refractivity contribution in [2.75, 3.05) is 6.54 Å². The fourth-order valence-electron chi connectivity index (χ4n) is 3.34. The first-order valence-corrected chi connectivity index (χ1v) is 8.52. The van der Waals surface area contributed by atoms with Gasteiger partial charge in [0.2, 0.25) is 0 Å². The normalized spacial score (nSPS) is 18.2. The topological polar surface area (TPSA) is 58.4 Å². The molecule has 0 radical (unpaired) electrons. The number of rotatable bonds is 3. The maximum atomic E-state index is 12.9. The van der Waals surface area contributed by atoms with Crippen molar-refractivity contribution in [1.82, 2.24) is 14.7 Å². The molecule has 1 N–H and O–H groups in total. The second-order valence-corrected chi connectivity index (χ2v) is 7.25. The van der Waals surface area contributed by atoms with Gasteiger partial charge in [0.25, 0.3) is 5.91 Å². The molecule has 1 unspecified atom stereocenters. The van der Waals surface area contributed by atoms with Gasteiger partial charge in [-0.05, 0) is 51.8 Å². The minimum Gasteiger partial charge on any atom is -0.388 e. The molecule has 24 heavy (non-hydrogen) atoms. The lowest BCUT2D eigenvalue weighted by atomic mass is 9.96. The van der Waals surface area contributed by atoms with E-state index in [0.717, 1.165) is 24.2 Å². The Balaban J connectivity index is 1.93. The Bertz CT molecular complexity index is 764. The lowest BCUT2D eigenvalue weighted by Gasteiger charge is -2.33. The highest BCUT2D eigenvalue weighted by Crippen LogP contribution is 2.28. The predicted molar refractivity (Wildman–Crippen MR) is 93.7 cm³/mol. The van der Waals surface area contributed by atoms with E-state index >= 15 is 0 Å². The molecule has 3 rings (SSSR count). The van der Waals surface area contributed by atoms with Gasteiger partial charge in [0, 0.05) is 12.2 Å². The van der Waals surface area contributed by atoms with Crippen LogP contribution in [0.3, 0.4) is 0 Å². The van der Waals surface area contributed by atoms with Crippen LogP contribution >= 0.6 is 11.6 Å². The monoisotopic (exact) mass is 347 g/mol. The average Bonchev–Trinajstić information content (AvgIpc) is 3.13. The fourth-order valence-corrected chi connectivity index (χ4v) is 3.55. The number of halogens is 1. The number of nitrogens with zero attached hydrogens (tertiary/aromatic N) is 3. The van der Waals surface area contributed by atoms with Gasteiger partial charge in [-0.15, -0.1) is 0 Å². The maximum absolute atomic E-state index is 12.9. The Labute approximate surface area is 146 Å². The number of carbonyl (C=O) groups excluding carboxylic acids is 1. The van der Waals surface area contributed by atoms with E-state index in [-0.39, 0.29) is 11.9 Å². The molecule has 1 atom stereocenters. The summed E-state index contributed by atoms with van der Waals surface area (Å²) in [4.78, 5) is 14.6. The van der Waals surface area contributed by atoms with Crippen molar-refractivity contribution in [2.24, 2.45) is 0 Å². The van der Waals surface area contributed by atoms with Crippen molar-refractivity contribution in [1.29, 1.82) is 0 Å². The highest BCUT2D eigenvalue weighted by atomic mass is 35.5. The smallest absolute Gasteiger partial charge is 0.274 e. The zero-order chi connectivity index (χ0) is 17.5. The molecule has 2 aromatic rings. The van der Waals surface area contributed by atoms with Gasteiger partial charge in [0.15, 0.2) is 5.69 Å². The maximum Gasteiger partial charge on any atom is 0.274 e. The minimum absolute atomic E-state index is 0.145. The second-order valence-electron chi connectivity index (χ2n) is 6.84. The number of likely N-dealkylation sites (tertiary alicyclic amines) is 1. The van der Waals surface area contributed by atoms with Gasteiger partial charge < -0.3 is 10.0 Å². The molecule has 1 aliphatic rings. The molecule has 1 fully saturated rings. The predicted octanol–water partition coefficient (Wildman–Crippen LogP) is 3.21. The molecule has 1 saturated heterocycles.